The summed E-state index contributed by atoms with van der Waals surface area (Å²) in [6, 6.07) is 3.87. The van der Waals surface area contributed by atoms with Gasteiger partial charge in [0.2, 0.25) is 5.95 Å². The Kier molecular flexibility index (Phi) is 4.55. The predicted octanol–water partition coefficient (Wildman–Crippen LogP) is 1.39. The van der Waals surface area contributed by atoms with Gasteiger partial charge in [0.05, 0.1) is 25.2 Å². The van der Waals surface area contributed by atoms with Gasteiger partial charge in [0, 0.05) is 62.4 Å². The monoisotopic (exact) mass is 397 g/mol. The maximum Gasteiger partial charge on any atom is 0.289 e. The van der Waals surface area contributed by atoms with E-state index in [2.05, 4.69) is 21.8 Å². The lowest BCUT2D eigenvalue weighted by molar-refractivity contribution is 0.00124. The Balaban J connectivity index is 1.35. The van der Waals surface area contributed by atoms with E-state index in [-0.39, 0.29) is 17.2 Å². The Labute approximate surface area is 170 Å². The van der Waals surface area contributed by atoms with Gasteiger partial charge in [0.1, 0.15) is 0 Å². The van der Waals surface area contributed by atoms with Gasteiger partial charge >= 0.3 is 0 Å². The van der Waals surface area contributed by atoms with Crippen LogP contribution in [-0.2, 0) is 4.74 Å². The number of aryl methyl sites for hydroxylation is 1. The molecule has 1 atom stereocenters. The van der Waals surface area contributed by atoms with Gasteiger partial charge in [-0.05, 0) is 26.1 Å². The fraction of sp³-hybridized carbons (Fsp3) is 0.571. The molecule has 2 aromatic rings. The summed E-state index contributed by atoms with van der Waals surface area (Å²) in [4.78, 5) is 28.7. The molecule has 1 unspecified atom stereocenters. The van der Waals surface area contributed by atoms with Gasteiger partial charge < -0.3 is 23.9 Å². The maximum absolute atomic E-state index is 12.8. The summed E-state index contributed by atoms with van der Waals surface area (Å²) < 4.78 is 10.9. The number of anilines is 1. The van der Waals surface area contributed by atoms with Crippen molar-refractivity contribution in [1.82, 2.24) is 19.8 Å². The first-order valence-electron chi connectivity index (χ1n) is 10.2. The lowest BCUT2D eigenvalue weighted by Gasteiger charge is -2.50. The molecular formula is C21H27N5O3. The number of hydrogen-bond acceptors (Lipinski definition) is 7. The number of furan rings is 1. The van der Waals surface area contributed by atoms with Gasteiger partial charge in [-0.15, -0.1) is 0 Å². The quantitative estimate of drug-likeness (QED) is 0.775. The van der Waals surface area contributed by atoms with Crippen LogP contribution in [0.3, 0.4) is 0 Å². The van der Waals surface area contributed by atoms with E-state index in [1.807, 2.05) is 30.2 Å². The minimum absolute atomic E-state index is 0.0110. The largest absolute Gasteiger partial charge is 0.459 e. The molecule has 29 heavy (non-hydrogen) atoms. The van der Waals surface area contributed by atoms with Crippen molar-refractivity contribution >= 4 is 11.9 Å². The smallest absolute Gasteiger partial charge is 0.289 e. The van der Waals surface area contributed by atoms with Gasteiger partial charge in [-0.2, -0.15) is 0 Å². The standard InChI is InChI=1S/C21H27N5O3/c1-15-4-8-29-18(15)19(27)26-13-21(14-26)12-24(2)11-16(21)17-3-5-22-20(23-17)25-6-9-28-10-7-25/h3-5,8,16H,6-7,9-14H2,1-2H3. The van der Waals surface area contributed by atoms with Crippen LogP contribution in [0.1, 0.15) is 27.7 Å². The van der Waals surface area contributed by atoms with Crippen molar-refractivity contribution in [3.8, 4) is 0 Å². The average Bonchev–Trinajstić information content (AvgIpc) is 3.30. The molecule has 3 aliphatic rings. The molecule has 8 heteroatoms. The molecule has 154 valence electrons. The van der Waals surface area contributed by atoms with E-state index in [1.165, 1.54) is 0 Å². The van der Waals surface area contributed by atoms with Gasteiger partial charge in [-0.25, -0.2) is 9.97 Å². The molecule has 1 spiro atoms. The summed E-state index contributed by atoms with van der Waals surface area (Å²) in [5.41, 5.74) is 2.01. The highest BCUT2D eigenvalue weighted by Crippen LogP contribution is 2.48. The molecule has 2 aromatic heterocycles. The Morgan fingerprint density at radius 3 is 2.72 bits per heavy atom. The first-order chi connectivity index (χ1) is 14.1. The zero-order valence-corrected chi connectivity index (χ0v) is 17.0. The van der Waals surface area contributed by atoms with E-state index in [9.17, 15) is 4.79 Å². The molecule has 3 aliphatic heterocycles. The summed E-state index contributed by atoms with van der Waals surface area (Å²) in [6.45, 7) is 8.37. The number of likely N-dealkylation sites (tertiary alicyclic amines) is 2. The van der Waals surface area contributed by atoms with Crippen LogP contribution in [0.4, 0.5) is 5.95 Å². The van der Waals surface area contributed by atoms with E-state index in [4.69, 9.17) is 14.1 Å². The number of carbonyl (C=O) groups is 1. The number of amides is 1. The normalized spacial score (nSPS) is 24.1. The number of morpholine rings is 1. The Morgan fingerprint density at radius 1 is 1.21 bits per heavy atom. The van der Waals surface area contributed by atoms with Crippen LogP contribution in [0.25, 0.3) is 0 Å². The van der Waals surface area contributed by atoms with Crippen LogP contribution in [0.15, 0.2) is 29.0 Å². The van der Waals surface area contributed by atoms with Crippen LogP contribution < -0.4 is 4.90 Å². The highest BCUT2D eigenvalue weighted by atomic mass is 16.5. The molecule has 8 nitrogen and oxygen atoms in total. The SMILES string of the molecule is Cc1ccoc1C(=O)N1CC2(CN(C)CC2c2ccnc(N3CCOCC3)n2)C1. The summed E-state index contributed by atoms with van der Waals surface area (Å²) in [7, 11) is 2.15. The number of rotatable bonds is 3. The first kappa shape index (κ1) is 18.6. The summed E-state index contributed by atoms with van der Waals surface area (Å²) in [6.07, 6.45) is 3.45. The molecule has 0 N–H and O–H groups in total. The Hall–Kier alpha value is -2.45. The molecule has 5 heterocycles. The summed E-state index contributed by atoms with van der Waals surface area (Å²) >= 11 is 0. The molecule has 0 saturated carbocycles. The molecule has 0 bridgehead atoms. The zero-order chi connectivity index (χ0) is 20.0. The minimum Gasteiger partial charge on any atom is -0.459 e. The first-order valence-corrected chi connectivity index (χ1v) is 10.2. The summed E-state index contributed by atoms with van der Waals surface area (Å²) in [5, 5.41) is 0. The number of nitrogens with zero attached hydrogens (tertiary/aromatic N) is 5. The zero-order valence-electron chi connectivity index (χ0n) is 17.0. The minimum atomic E-state index is -0.0110. The Bertz CT molecular complexity index is 901. The molecule has 3 fully saturated rings. The highest BCUT2D eigenvalue weighted by molar-refractivity contribution is 5.93. The highest BCUT2D eigenvalue weighted by Gasteiger charge is 2.56. The second kappa shape index (κ2) is 7.11. The lowest BCUT2D eigenvalue weighted by atomic mass is 9.70. The van der Waals surface area contributed by atoms with E-state index < -0.39 is 0 Å². The average molecular weight is 397 g/mol. The van der Waals surface area contributed by atoms with Gasteiger partial charge in [0.25, 0.3) is 5.91 Å². The van der Waals surface area contributed by atoms with Crippen LogP contribution in [0.2, 0.25) is 0 Å². The van der Waals surface area contributed by atoms with Crippen molar-refractivity contribution < 1.29 is 13.9 Å². The van der Waals surface area contributed by atoms with Crippen molar-refractivity contribution in [2.45, 2.75) is 12.8 Å². The fourth-order valence-corrected chi connectivity index (χ4v) is 5.01. The van der Waals surface area contributed by atoms with Crippen molar-refractivity contribution in [1.29, 1.82) is 0 Å². The molecule has 3 saturated heterocycles. The van der Waals surface area contributed by atoms with Gasteiger partial charge in [0.15, 0.2) is 5.76 Å². The predicted molar refractivity (Wildman–Crippen MR) is 107 cm³/mol. The van der Waals surface area contributed by atoms with Crippen LogP contribution >= 0.6 is 0 Å². The van der Waals surface area contributed by atoms with Crippen molar-refractivity contribution in [3.63, 3.8) is 0 Å². The van der Waals surface area contributed by atoms with E-state index in [1.54, 1.807) is 6.26 Å². The van der Waals surface area contributed by atoms with E-state index in [0.29, 0.717) is 19.0 Å². The van der Waals surface area contributed by atoms with Crippen LogP contribution in [0.5, 0.6) is 0 Å². The maximum atomic E-state index is 12.8. The van der Waals surface area contributed by atoms with E-state index >= 15 is 0 Å². The van der Waals surface area contributed by atoms with Crippen LogP contribution in [-0.4, -0.2) is 85.2 Å². The number of ether oxygens (including phenoxy) is 1. The molecule has 5 rings (SSSR count). The lowest BCUT2D eigenvalue weighted by Crippen LogP contribution is -2.61. The second-order valence-electron chi connectivity index (χ2n) is 8.59. The number of aromatic nitrogens is 2. The fourth-order valence-electron chi connectivity index (χ4n) is 5.01. The third kappa shape index (κ3) is 3.20. The number of carbonyl (C=O) groups excluding carboxylic acids is 1. The molecule has 0 radical (unpaired) electrons. The van der Waals surface area contributed by atoms with Crippen LogP contribution in [0, 0.1) is 12.3 Å². The number of likely N-dealkylation sites (N-methyl/N-ethyl adjacent to an activating group) is 1. The second-order valence-corrected chi connectivity index (χ2v) is 8.59. The molecule has 0 aromatic carbocycles. The third-order valence-corrected chi connectivity index (χ3v) is 6.49. The summed E-state index contributed by atoms with van der Waals surface area (Å²) in [5.74, 6) is 1.52. The topological polar surface area (TPSA) is 74.9 Å². The van der Waals surface area contributed by atoms with Crippen molar-refractivity contribution in [2.24, 2.45) is 5.41 Å². The van der Waals surface area contributed by atoms with Crippen molar-refractivity contribution in [3.05, 3.63) is 41.6 Å². The van der Waals surface area contributed by atoms with Gasteiger partial charge in [-0.1, -0.05) is 0 Å². The number of hydrogen-bond donors (Lipinski definition) is 0. The van der Waals surface area contributed by atoms with Gasteiger partial charge in [-0.3, -0.25) is 4.79 Å². The molecular weight excluding hydrogens is 370 g/mol. The van der Waals surface area contributed by atoms with E-state index in [0.717, 1.165) is 56.5 Å². The molecule has 0 aliphatic carbocycles. The Morgan fingerprint density at radius 2 is 2.00 bits per heavy atom. The third-order valence-electron chi connectivity index (χ3n) is 6.49. The molecule has 1 amide bonds. The van der Waals surface area contributed by atoms with Crippen molar-refractivity contribution in [2.75, 3.05) is 64.4 Å².